The monoisotopic (exact) mass is 233 g/mol. The Kier molecular flexibility index (Phi) is 3.42. The van der Waals surface area contributed by atoms with Crippen molar-refractivity contribution in [2.24, 2.45) is 7.05 Å². The number of anilines is 1. The molecular weight excluding hydrogens is 217 g/mol. The first-order valence-corrected chi connectivity index (χ1v) is 5.64. The normalized spacial score (nSPS) is 10.5. The lowest BCUT2D eigenvalue weighted by atomic mass is 10.2. The highest BCUT2D eigenvalue weighted by Gasteiger charge is 2.02. The number of nitrogens with zero attached hydrogens (tertiary/aromatic N) is 2. The van der Waals surface area contributed by atoms with Crippen LogP contribution in [0.1, 0.15) is 11.3 Å². The third kappa shape index (κ3) is 2.84. The number of hydrogen-bond donors (Lipinski definition) is 1. The molecule has 1 heterocycles. The molecule has 0 aliphatic carbocycles. The molecule has 1 aromatic carbocycles. The molecule has 0 spiro atoms. The van der Waals surface area contributed by atoms with Gasteiger partial charge in [0.1, 0.15) is 5.82 Å². The molecule has 0 fully saturated rings. The van der Waals surface area contributed by atoms with E-state index >= 15 is 0 Å². The highest BCUT2D eigenvalue weighted by Crippen LogP contribution is 2.15. The highest BCUT2D eigenvalue weighted by molar-refractivity contribution is 5.46. The van der Waals surface area contributed by atoms with Crippen molar-refractivity contribution in [3.8, 4) is 0 Å². The van der Waals surface area contributed by atoms with Crippen LogP contribution in [-0.4, -0.2) is 16.3 Å². The maximum Gasteiger partial charge on any atom is 0.146 e. The van der Waals surface area contributed by atoms with E-state index in [1.54, 1.807) is 12.3 Å². The summed E-state index contributed by atoms with van der Waals surface area (Å²) in [7, 11) is 1.90. The van der Waals surface area contributed by atoms with Crippen molar-refractivity contribution in [1.82, 2.24) is 9.78 Å². The maximum atomic E-state index is 13.5. The van der Waals surface area contributed by atoms with E-state index in [0.29, 0.717) is 12.2 Å². The number of nitrogens with one attached hydrogen (secondary N) is 1. The molecule has 90 valence electrons. The van der Waals surface area contributed by atoms with Crippen LogP contribution >= 0.6 is 0 Å². The molecule has 17 heavy (non-hydrogen) atoms. The topological polar surface area (TPSA) is 29.9 Å². The fourth-order valence-electron chi connectivity index (χ4n) is 1.74. The Morgan fingerprint density at radius 2 is 2.18 bits per heavy atom. The lowest BCUT2D eigenvalue weighted by Gasteiger charge is -2.08. The summed E-state index contributed by atoms with van der Waals surface area (Å²) in [5, 5.41) is 7.18. The zero-order valence-electron chi connectivity index (χ0n) is 10.1. The van der Waals surface area contributed by atoms with E-state index < -0.39 is 0 Å². The molecule has 0 radical (unpaired) electrons. The second-order valence-corrected chi connectivity index (χ2v) is 4.11. The van der Waals surface area contributed by atoms with Crippen LogP contribution in [0, 0.1) is 12.7 Å². The largest absolute Gasteiger partial charge is 0.382 e. The fraction of sp³-hybridized carbons (Fsp3) is 0.308. The summed E-state index contributed by atoms with van der Waals surface area (Å²) in [5.74, 6) is -0.199. The van der Waals surface area contributed by atoms with Crippen molar-refractivity contribution >= 4 is 5.69 Å². The molecular formula is C13H16FN3. The average molecular weight is 233 g/mol. The van der Waals surface area contributed by atoms with Crippen molar-refractivity contribution in [1.29, 1.82) is 0 Å². The van der Waals surface area contributed by atoms with Crippen LogP contribution < -0.4 is 5.32 Å². The molecule has 0 aliphatic rings. The Hall–Kier alpha value is -1.84. The highest BCUT2D eigenvalue weighted by atomic mass is 19.1. The van der Waals surface area contributed by atoms with Gasteiger partial charge in [0.15, 0.2) is 0 Å². The average Bonchev–Trinajstić information content (AvgIpc) is 2.68. The summed E-state index contributed by atoms with van der Waals surface area (Å²) < 4.78 is 15.3. The van der Waals surface area contributed by atoms with Gasteiger partial charge in [-0.3, -0.25) is 4.68 Å². The zero-order valence-corrected chi connectivity index (χ0v) is 10.1. The van der Waals surface area contributed by atoms with Crippen molar-refractivity contribution in [2.45, 2.75) is 13.3 Å². The standard InChI is InChI=1S/C13H16FN3/c1-10-3-4-13(12(14)9-10)15-7-5-11-6-8-16-17(11)2/h3-4,6,8-9,15H,5,7H2,1-2H3. The van der Waals surface area contributed by atoms with E-state index in [1.165, 1.54) is 6.07 Å². The minimum absolute atomic E-state index is 0.199. The van der Waals surface area contributed by atoms with Gasteiger partial charge in [0.2, 0.25) is 0 Å². The van der Waals surface area contributed by atoms with Gasteiger partial charge in [-0.15, -0.1) is 0 Å². The Morgan fingerprint density at radius 3 is 2.82 bits per heavy atom. The van der Waals surface area contributed by atoms with Crippen LogP contribution in [0.4, 0.5) is 10.1 Å². The van der Waals surface area contributed by atoms with Gasteiger partial charge < -0.3 is 5.32 Å². The van der Waals surface area contributed by atoms with Crippen molar-refractivity contribution in [3.63, 3.8) is 0 Å². The molecule has 0 bridgehead atoms. The fourth-order valence-corrected chi connectivity index (χ4v) is 1.74. The molecule has 0 saturated heterocycles. The molecule has 1 N–H and O–H groups in total. The zero-order chi connectivity index (χ0) is 12.3. The Labute approximate surface area is 100 Å². The smallest absolute Gasteiger partial charge is 0.146 e. The van der Waals surface area contributed by atoms with E-state index in [0.717, 1.165) is 17.7 Å². The third-order valence-electron chi connectivity index (χ3n) is 2.74. The Morgan fingerprint density at radius 1 is 1.35 bits per heavy atom. The van der Waals surface area contributed by atoms with Crippen LogP contribution in [-0.2, 0) is 13.5 Å². The lowest BCUT2D eigenvalue weighted by Crippen LogP contribution is -2.09. The van der Waals surface area contributed by atoms with E-state index in [4.69, 9.17) is 0 Å². The Bertz CT molecular complexity index is 505. The maximum absolute atomic E-state index is 13.5. The third-order valence-corrected chi connectivity index (χ3v) is 2.74. The Balaban J connectivity index is 1.92. The van der Waals surface area contributed by atoms with Gasteiger partial charge in [-0.25, -0.2) is 4.39 Å². The predicted octanol–water partition coefficient (Wildman–Crippen LogP) is 2.52. The first-order chi connectivity index (χ1) is 8.16. The van der Waals surface area contributed by atoms with E-state index in [-0.39, 0.29) is 5.82 Å². The summed E-state index contributed by atoms with van der Waals surface area (Å²) >= 11 is 0. The number of aromatic nitrogens is 2. The van der Waals surface area contributed by atoms with Crippen LogP contribution in [0.25, 0.3) is 0 Å². The molecule has 2 rings (SSSR count). The summed E-state index contributed by atoms with van der Waals surface area (Å²) in [5.41, 5.74) is 2.61. The van der Waals surface area contributed by atoms with Crippen LogP contribution in [0.2, 0.25) is 0 Å². The molecule has 0 saturated carbocycles. The number of benzene rings is 1. The minimum Gasteiger partial charge on any atom is -0.382 e. The van der Waals surface area contributed by atoms with Gasteiger partial charge in [-0.2, -0.15) is 5.10 Å². The minimum atomic E-state index is -0.199. The van der Waals surface area contributed by atoms with Gasteiger partial charge in [-0.05, 0) is 30.7 Å². The van der Waals surface area contributed by atoms with Crippen molar-refractivity contribution < 1.29 is 4.39 Å². The summed E-state index contributed by atoms with van der Waals surface area (Å²) in [4.78, 5) is 0. The molecule has 0 amide bonds. The van der Waals surface area contributed by atoms with E-state index in [1.807, 2.05) is 30.8 Å². The van der Waals surface area contributed by atoms with Crippen molar-refractivity contribution in [3.05, 3.63) is 47.5 Å². The number of hydrogen-bond acceptors (Lipinski definition) is 2. The molecule has 4 heteroatoms. The number of halogens is 1. The van der Waals surface area contributed by atoms with Crippen LogP contribution in [0.3, 0.4) is 0 Å². The summed E-state index contributed by atoms with van der Waals surface area (Å²) in [6.07, 6.45) is 2.59. The van der Waals surface area contributed by atoms with Crippen molar-refractivity contribution in [2.75, 3.05) is 11.9 Å². The molecule has 0 aliphatic heterocycles. The van der Waals surface area contributed by atoms with E-state index in [2.05, 4.69) is 10.4 Å². The second kappa shape index (κ2) is 4.99. The van der Waals surface area contributed by atoms with Gasteiger partial charge >= 0.3 is 0 Å². The first kappa shape index (κ1) is 11.6. The molecule has 1 aromatic heterocycles. The van der Waals surface area contributed by atoms with Crippen LogP contribution in [0.15, 0.2) is 30.5 Å². The predicted molar refractivity (Wildman–Crippen MR) is 66.5 cm³/mol. The molecule has 0 atom stereocenters. The first-order valence-electron chi connectivity index (χ1n) is 5.64. The summed E-state index contributed by atoms with van der Waals surface area (Å²) in [6, 6.07) is 7.17. The van der Waals surface area contributed by atoms with Gasteiger partial charge in [0.25, 0.3) is 0 Å². The summed E-state index contributed by atoms with van der Waals surface area (Å²) in [6.45, 7) is 2.57. The number of rotatable bonds is 4. The SMILES string of the molecule is Cc1ccc(NCCc2ccnn2C)c(F)c1. The van der Waals surface area contributed by atoms with Gasteiger partial charge in [-0.1, -0.05) is 6.07 Å². The van der Waals surface area contributed by atoms with E-state index in [9.17, 15) is 4.39 Å². The lowest BCUT2D eigenvalue weighted by molar-refractivity contribution is 0.628. The number of aryl methyl sites for hydroxylation is 2. The molecule has 0 unspecified atom stereocenters. The van der Waals surface area contributed by atoms with Crippen LogP contribution in [0.5, 0.6) is 0 Å². The molecule has 2 aromatic rings. The second-order valence-electron chi connectivity index (χ2n) is 4.11. The van der Waals surface area contributed by atoms with Gasteiger partial charge in [0, 0.05) is 31.9 Å². The van der Waals surface area contributed by atoms with Gasteiger partial charge in [0.05, 0.1) is 5.69 Å². The quantitative estimate of drug-likeness (QED) is 0.879. The molecule has 3 nitrogen and oxygen atoms in total.